The maximum absolute atomic E-state index is 2.44. The molecule has 0 amide bonds. The van der Waals surface area contributed by atoms with Crippen molar-refractivity contribution in [2.75, 3.05) is 18.0 Å². The molecule has 1 heteroatoms. The molecule has 0 bridgehead atoms. The zero-order valence-electron chi connectivity index (χ0n) is 10.3. The summed E-state index contributed by atoms with van der Waals surface area (Å²) in [5, 5.41) is 0. The predicted molar refractivity (Wildman–Crippen MR) is 68.6 cm³/mol. The van der Waals surface area contributed by atoms with Gasteiger partial charge in [-0.15, -0.1) is 0 Å². The van der Waals surface area contributed by atoms with E-state index in [1.807, 2.05) is 0 Å². The molecule has 1 aromatic rings. The fourth-order valence-corrected chi connectivity index (χ4v) is 1.94. The lowest BCUT2D eigenvalue weighted by Crippen LogP contribution is -2.23. The van der Waals surface area contributed by atoms with E-state index >= 15 is 0 Å². The van der Waals surface area contributed by atoms with Crippen molar-refractivity contribution in [2.45, 2.75) is 40.0 Å². The first-order valence-corrected chi connectivity index (χ1v) is 6.15. The van der Waals surface area contributed by atoms with Crippen LogP contribution in [0.3, 0.4) is 0 Å². The van der Waals surface area contributed by atoms with Crippen LogP contribution in [0.2, 0.25) is 0 Å². The van der Waals surface area contributed by atoms with Crippen molar-refractivity contribution in [1.82, 2.24) is 0 Å². The molecule has 0 atom stereocenters. The summed E-state index contributed by atoms with van der Waals surface area (Å²) in [5.41, 5.74) is 2.84. The van der Waals surface area contributed by atoms with Gasteiger partial charge in [-0.2, -0.15) is 0 Å². The van der Waals surface area contributed by atoms with Crippen molar-refractivity contribution in [2.24, 2.45) is 0 Å². The molecule has 0 radical (unpaired) electrons. The highest BCUT2D eigenvalue weighted by Gasteiger charge is 2.02. The first-order valence-electron chi connectivity index (χ1n) is 6.15. The number of aryl methyl sites for hydroxylation is 1. The average molecular weight is 205 g/mol. The second-order valence-corrected chi connectivity index (χ2v) is 4.00. The highest BCUT2D eigenvalue weighted by Crippen LogP contribution is 2.17. The maximum atomic E-state index is 2.44. The number of hydrogen-bond donors (Lipinski definition) is 0. The lowest BCUT2D eigenvalue weighted by Gasteiger charge is -2.23. The first-order chi connectivity index (χ1) is 7.31. The van der Waals surface area contributed by atoms with E-state index in [1.165, 1.54) is 30.5 Å². The van der Waals surface area contributed by atoms with Crippen molar-refractivity contribution >= 4 is 5.69 Å². The third-order valence-electron chi connectivity index (χ3n) is 2.69. The summed E-state index contributed by atoms with van der Waals surface area (Å²) >= 11 is 0. The van der Waals surface area contributed by atoms with Crippen LogP contribution in [-0.4, -0.2) is 13.1 Å². The van der Waals surface area contributed by atoms with Gasteiger partial charge in [0, 0.05) is 18.8 Å². The molecule has 0 aromatic heterocycles. The molecule has 84 valence electrons. The van der Waals surface area contributed by atoms with Gasteiger partial charge in [0.2, 0.25) is 0 Å². The van der Waals surface area contributed by atoms with E-state index in [0.717, 1.165) is 13.1 Å². The number of anilines is 1. The number of benzene rings is 1. The molecular weight excluding hydrogens is 182 g/mol. The zero-order chi connectivity index (χ0) is 11.1. The molecule has 0 fully saturated rings. The van der Waals surface area contributed by atoms with Crippen LogP contribution >= 0.6 is 0 Å². The molecule has 15 heavy (non-hydrogen) atoms. The lowest BCUT2D eigenvalue weighted by atomic mass is 10.1. The second kappa shape index (κ2) is 6.49. The van der Waals surface area contributed by atoms with Crippen molar-refractivity contribution in [3.05, 3.63) is 29.8 Å². The minimum atomic E-state index is 1.10. The van der Waals surface area contributed by atoms with Gasteiger partial charge in [0.05, 0.1) is 0 Å². The third-order valence-corrected chi connectivity index (χ3v) is 2.69. The van der Waals surface area contributed by atoms with Crippen molar-refractivity contribution in [3.63, 3.8) is 0 Å². The summed E-state index contributed by atoms with van der Waals surface area (Å²) in [4.78, 5) is 2.44. The highest BCUT2D eigenvalue weighted by molar-refractivity contribution is 5.48. The second-order valence-electron chi connectivity index (χ2n) is 4.00. The lowest BCUT2D eigenvalue weighted by molar-refractivity contribution is 0.790. The van der Waals surface area contributed by atoms with Crippen molar-refractivity contribution in [3.8, 4) is 0 Å². The fourth-order valence-electron chi connectivity index (χ4n) is 1.94. The SMILES string of the molecule is CCCc1cccc(N(CC)CCC)c1. The van der Waals surface area contributed by atoms with E-state index in [4.69, 9.17) is 0 Å². The van der Waals surface area contributed by atoms with E-state index in [0.29, 0.717) is 0 Å². The number of nitrogens with zero attached hydrogens (tertiary/aromatic N) is 1. The molecule has 0 spiro atoms. The number of rotatable bonds is 6. The molecule has 0 saturated heterocycles. The Morgan fingerprint density at radius 3 is 2.47 bits per heavy atom. The van der Waals surface area contributed by atoms with Crippen LogP contribution in [0.4, 0.5) is 5.69 Å². The van der Waals surface area contributed by atoms with Crippen LogP contribution in [0.5, 0.6) is 0 Å². The van der Waals surface area contributed by atoms with E-state index in [-0.39, 0.29) is 0 Å². The normalized spacial score (nSPS) is 10.3. The Kier molecular flexibility index (Phi) is 5.23. The zero-order valence-corrected chi connectivity index (χ0v) is 10.3. The molecule has 0 aliphatic heterocycles. The Bertz CT molecular complexity index is 280. The smallest absolute Gasteiger partial charge is 0.0368 e. The minimum Gasteiger partial charge on any atom is -0.372 e. The Labute approximate surface area is 94.1 Å². The topological polar surface area (TPSA) is 3.24 Å². The van der Waals surface area contributed by atoms with Crippen LogP contribution < -0.4 is 4.90 Å². The largest absolute Gasteiger partial charge is 0.372 e. The van der Waals surface area contributed by atoms with Crippen LogP contribution in [0, 0.1) is 0 Å². The summed E-state index contributed by atoms with van der Waals surface area (Å²) in [7, 11) is 0. The molecule has 0 aliphatic carbocycles. The first kappa shape index (κ1) is 12.1. The standard InChI is InChI=1S/C14H23N/c1-4-8-13-9-7-10-14(12-13)15(6-3)11-5-2/h7,9-10,12H,4-6,8,11H2,1-3H3. The summed E-state index contributed by atoms with van der Waals surface area (Å²) < 4.78 is 0. The minimum absolute atomic E-state index is 1.10. The summed E-state index contributed by atoms with van der Waals surface area (Å²) in [5.74, 6) is 0. The van der Waals surface area contributed by atoms with Crippen LogP contribution in [0.1, 0.15) is 39.2 Å². The Hall–Kier alpha value is -0.980. The quantitative estimate of drug-likeness (QED) is 0.681. The summed E-state index contributed by atoms with van der Waals surface area (Å²) in [6, 6.07) is 8.96. The predicted octanol–water partition coefficient (Wildman–Crippen LogP) is 3.88. The van der Waals surface area contributed by atoms with Gasteiger partial charge in [-0.25, -0.2) is 0 Å². The molecule has 0 N–H and O–H groups in total. The van der Waals surface area contributed by atoms with Gasteiger partial charge in [0.25, 0.3) is 0 Å². The molecule has 1 nitrogen and oxygen atoms in total. The molecule has 0 unspecified atom stereocenters. The van der Waals surface area contributed by atoms with Gasteiger partial charge in [0.15, 0.2) is 0 Å². The van der Waals surface area contributed by atoms with Crippen LogP contribution in [-0.2, 0) is 6.42 Å². The Morgan fingerprint density at radius 1 is 1.07 bits per heavy atom. The molecule has 1 aromatic carbocycles. The Balaban J connectivity index is 2.77. The van der Waals surface area contributed by atoms with Crippen LogP contribution in [0.15, 0.2) is 24.3 Å². The van der Waals surface area contributed by atoms with Gasteiger partial charge < -0.3 is 4.90 Å². The summed E-state index contributed by atoms with van der Waals surface area (Å²) in [6.07, 6.45) is 3.63. The molecule has 0 saturated carbocycles. The fraction of sp³-hybridized carbons (Fsp3) is 0.571. The van der Waals surface area contributed by atoms with Gasteiger partial charge in [0.1, 0.15) is 0 Å². The molecule has 0 aliphatic rings. The van der Waals surface area contributed by atoms with E-state index in [9.17, 15) is 0 Å². The molecular formula is C14H23N. The van der Waals surface area contributed by atoms with Gasteiger partial charge in [-0.1, -0.05) is 32.4 Å². The van der Waals surface area contributed by atoms with Gasteiger partial charge in [-0.3, -0.25) is 0 Å². The van der Waals surface area contributed by atoms with E-state index < -0.39 is 0 Å². The van der Waals surface area contributed by atoms with Crippen LogP contribution in [0.25, 0.3) is 0 Å². The van der Waals surface area contributed by atoms with Gasteiger partial charge in [-0.05, 0) is 37.5 Å². The van der Waals surface area contributed by atoms with Crippen molar-refractivity contribution < 1.29 is 0 Å². The maximum Gasteiger partial charge on any atom is 0.0368 e. The molecule has 1 rings (SSSR count). The van der Waals surface area contributed by atoms with Gasteiger partial charge >= 0.3 is 0 Å². The number of hydrogen-bond acceptors (Lipinski definition) is 1. The Morgan fingerprint density at radius 2 is 1.87 bits per heavy atom. The van der Waals surface area contributed by atoms with Crippen molar-refractivity contribution in [1.29, 1.82) is 0 Å². The monoisotopic (exact) mass is 205 g/mol. The molecule has 0 heterocycles. The van der Waals surface area contributed by atoms with E-state index in [1.54, 1.807) is 0 Å². The third kappa shape index (κ3) is 3.58. The highest BCUT2D eigenvalue weighted by atomic mass is 15.1. The summed E-state index contributed by atoms with van der Waals surface area (Å²) in [6.45, 7) is 8.95. The average Bonchev–Trinajstić information content (AvgIpc) is 2.27. The van der Waals surface area contributed by atoms with E-state index in [2.05, 4.69) is 49.9 Å².